The van der Waals surface area contributed by atoms with Gasteiger partial charge in [0, 0.05) is 24.9 Å². The molecule has 2 aromatic rings. The standard InChI is InChI=1S/C19H19FN2O2S/c1-22(11-16-9-14(10-21)7-8-17(16)20)19(24)13-25-12-18(23)15-5-3-2-4-6-15/h2-9,18,23H,11-13H2,1H3. The van der Waals surface area contributed by atoms with Crippen LogP contribution >= 0.6 is 11.8 Å². The molecule has 0 aliphatic heterocycles. The van der Waals surface area contributed by atoms with Crippen molar-refractivity contribution in [3.05, 3.63) is 71.0 Å². The molecular weight excluding hydrogens is 339 g/mol. The number of rotatable bonds is 7. The SMILES string of the molecule is CN(Cc1cc(C#N)ccc1F)C(=O)CSCC(O)c1ccccc1. The summed E-state index contributed by atoms with van der Waals surface area (Å²) < 4.78 is 13.8. The highest BCUT2D eigenvalue weighted by Crippen LogP contribution is 2.18. The summed E-state index contributed by atoms with van der Waals surface area (Å²) in [7, 11) is 1.59. The van der Waals surface area contributed by atoms with E-state index in [9.17, 15) is 14.3 Å². The van der Waals surface area contributed by atoms with Gasteiger partial charge in [-0.1, -0.05) is 30.3 Å². The third-order valence-corrected chi connectivity index (χ3v) is 4.70. The Morgan fingerprint density at radius 3 is 2.72 bits per heavy atom. The van der Waals surface area contributed by atoms with Gasteiger partial charge in [-0.3, -0.25) is 4.79 Å². The molecule has 0 heterocycles. The first-order valence-corrected chi connectivity index (χ1v) is 8.90. The number of nitrogens with zero attached hydrogens (tertiary/aromatic N) is 2. The quantitative estimate of drug-likeness (QED) is 0.826. The minimum atomic E-state index is -0.630. The van der Waals surface area contributed by atoms with Crippen LogP contribution in [0.15, 0.2) is 48.5 Å². The van der Waals surface area contributed by atoms with Crippen LogP contribution in [0.3, 0.4) is 0 Å². The predicted octanol–water partition coefficient (Wildman–Crippen LogP) is 3.12. The van der Waals surface area contributed by atoms with Crippen molar-refractivity contribution in [1.82, 2.24) is 4.90 Å². The molecule has 0 spiro atoms. The monoisotopic (exact) mass is 358 g/mol. The number of halogens is 1. The van der Waals surface area contributed by atoms with E-state index < -0.39 is 11.9 Å². The fourth-order valence-corrected chi connectivity index (χ4v) is 3.18. The van der Waals surface area contributed by atoms with Crippen LogP contribution in [0.4, 0.5) is 4.39 Å². The van der Waals surface area contributed by atoms with E-state index in [1.165, 1.54) is 34.9 Å². The largest absolute Gasteiger partial charge is 0.388 e. The highest BCUT2D eigenvalue weighted by Gasteiger charge is 2.14. The van der Waals surface area contributed by atoms with Crippen molar-refractivity contribution in [2.45, 2.75) is 12.6 Å². The van der Waals surface area contributed by atoms with Crippen LogP contribution in [0, 0.1) is 17.1 Å². The normalized spacial score (nSPS) is 11.6. The van der Waals surface area contributed by atoms with Gasteiger partial charge in [0.15, 0.2) is 0 Å². The molecule has 2 rings (SSSR count). The van der Waals surface area contributed by atoms with E-state index in [1.807, 2.05) is 36.4 Å². The van der Waals surface area contributed by atoms with E-state index in [2.05, 4.69) is 0 Å². The minimum Gasteiger partial charge on any atom is -0.388 e. The van der Waals surface area contributed by atoms with Crippen molar-refractivity contribution in [2.75, 3.05) is 18.6 Å². The molecule has 130 valence electrons. The number of amides is 1. The van der Waals surface area contributed by atoms with E-state index >= 15 is 0 Å². The fraction of sp³-hybridized carbons (Fsp3) is 0.263. The van der Waals surface area contributed by atoms with E-state index in [1.54, 1.807) is 7.05 Å². The number of carbonyl (C=O) groups excluding carboxylic acids is 1. The molecule has 1 atom stereocenters. The van der Waals surface area contributed by atoms with Crippen molar-refractivity contribution in [3.8, 4) is 6.07 Å². The maximum absolute atomic E-state index is 13.8. The summed E-state index contributed by atoms with van der Waals surface area (Å²) in [5.41, 5.74) is 1.48. The molecule has 1 unspecified atom stereocenters. The Hall–Kier alpha value is -2.36. The van der Waals surface area contributed by atoms with Crippen LogP contribution in [0.5, 0.6) is 0 Å². The number of benzene rings is 2. The van der Waals surface area contributed by atoms with Gasteiger partial charge in [0.1, 0.15) is 5.82 Å². The Kier molecular flexibility index (Phi) is 6.99. The van der Waals surface area contributed by atoms with Crippen molar-refractivity contribution in [3.63, 3.8) is 0 Å². The molecule has 1 amide bonds. The number of aliphatic hydroxyl groups is 1. The minimum absolute atomic E-state index is 0.0992. The zero-order chi connectivity index (χ0) is 18.2. The highest BCUT2D eigenvalue weighted by atomic mass is 32.2. The van der Waals surface area contributed by atoms with Gasteiger partial charge in [0.05, 0.1) is 23.5 Å². The Morgan fingerprint density at radius 2 is 2.04 bits per heavy atom. The van der Waals surface area contributed by atoms with Crippen molar-refractivity contribution < 1.29 is 14.3 Å². The van der Waals surface area contributed by atoms with E-state index in [4.69, 9.17) is 5.26 Å². The van der Waals surface area contributed by atoms with Crippen LogP contribution in [0.2, 0.25) is 0 Å². The van der Waals surface area contributed by atoms with Gasteiger partial charge in [-0.2, -0.15) is 5.26 Å². The van der Waals surface area contributed by atoms with E-state index in [-0.39, 0.29) is 18.2 Å². The van der Waals surface area contributed by atoms with Crippen molar-refractivity contribution in [1.29, 1.82) is 5.26 Å². The third-order valence-electron chi connectivity index (χ3n) is 3.69. The Balaban J connectivity index is 1.84. The summed E-state index contributed by atoms with van der Waals surface area (Å²) in [6, 6.07) is 15.3. The molecular formula is C19H19FN2O2S. The zero-order valence-corrected chi connectivity index (χ0v) is 14.7. The lowest BCUT2D eigenvalue weighted by molar-refractivity contribution is -0.127. The highest BCUT2D eigenvalue weighted by molar-refractivity contribution is 7.99. The van der Waals surface area contributed by atoms with Crippen molar-refractivity contribution in [2.24, 2.45) is 0 Å². The van der Waals surface area contributed by atoms with Gasteiger partial charge in [-0.15, -0.1) is 11.8 Å². The Labute approximate surface area is 150 Å². The van der Waals surface area contributed by atoms with Crippen LogP contribution in [-0.4, -0.2) is 34.5 Å². The van der Waals surface area contributed by atoms with Crippen LogP contribution in [-0.2, 0) is 11.3 Å². The zero-order valence-electron chi connectivity index (χ0n) is 13.9. The maximum atomic E-state index is 13.8. The second-order valence-electron chi connectivity index (χ2n) is 5.61. The van der Waals surface area contributed by atoms with Gasteiger partial charge in [0.2, 0.25) is 5.91 Å². The number of nitriles is 1. The maximum Gasteiger partial charge on any atom is 0.232 e. The molecule has 6 heteroatoms. The second-order valence-corrected chi connectivity index (χ2v) is 6.64. The third kappa shape index (κ3) is 5.59. The molecule has 0 aliphatic rings. The lowest BCUT2D eigenvalue weighted by atomic mass is 10.1. The molecule has 0 aromatic heterocycles. The summed E-state index contributed by atoms with van der Waals surface area (Å²) in [5, 5.41) is 19.0. The van der Waals surface area contributed by atoms with Gasteiger partial charge in [-0.05, 0) is 23.8 Å². The molecule has 0 fully saturated rings. The molecule has 0 radical (unpaired) electrons. The molecule has 0 saturated carbocycles. The van der Waals surface area contributed by atoms with Gasteiger partial charge < -0.3 is 10.0 Å². The molecule has 2 aromatic carbocycles. The van der Waals surface area contributed by atoms with Crippen molar-refractivity contribution >= 4 is 17.7 Å². The number of hydrogen-bond acceptors (Lipinski definition) is 4. The molecule has 0 aliphatic carbocycles. The summed E-state index contributed by atoms with van der Waals surface area (Å²) in [4.78, 5) is 13.6. The lowest BCUT2D eigenvalue weighted by Gasteiger charge is -2.18. The predicted molar refractivity (Wildman–Crippen MR) is 96.3 cm³/mol. The van der Waals surface area contributed by atoms with Crippen LogP contribution in [0.25, 0.3) is 0 Å². The van der Waals surface area contributed by atoms with E-state index in [0.717, 1.165) is 5.56 Å². The summed E-state index contributed by atoms with van der Waals surface area (Å²) in [6.45, 7) is 0.0992. The Morgan fingerprint density at radius 1 is 1.32 bits per heavy atom. The number of thioether (sulfide) groups is 1. The molecule has 0 bridgehead atoms. The topological polar surface area (TPSA) is 64.3 Å². The van der Waals surface area contributed by atoms with Gasteiger partial charge in [-0.25, -0.2) is 4.39 Å². The summed E-state index contributed by atoms with van der Waals surface area (Å²) >= 11 is 1.33. The average molecular weight is 358 g/mol. The summed E-state index contributed by atoms with van der Waals surface area (Å²) in [6.07, 6.45) is -0.630. The first-order valence-electron chi connectivity index (χ1n) is 7.74. The average Bonchev–Trinajstić information content (AvgIpc) is 2.63. The fourth-order valence-electron chi connectivity index (χ4n) is 2.25. The molecule has 25 heavy (non-hydrogen) atoms. The number of carbonyl (C=O) groups is 1. The smallest absolute Gasteiger partial charge is 0.232 e. The number of hydrogen-bond donors (Lipinski definition) is 1. The Bertz CT molecular complexity index is 762. The van der Waals surface area contributed by atoms with E-state index in [0.29, 0.717) is 16.9 Å². The second kappa shape index (κ2) is 9.21. The molecule has 0 saturated heterocycles. The number of aliphatic hydroxyl groups excluding tert-OH is 1. The van der Waals surface area contributed by atoms with Gasteiger partial charge in [0.25, 0.3) is 0 Å². The molecule has 1 N–H and O–H groups in total. The lowest BCUT2D eigenvalue weighted by Crippen LogP contribution is -2.28. The van der Waals surface area contributed by atoms with Crippen LogP contribution in [0.1, 0.15) is 22.8 Å². The first kappa shape index (κ1) is 19.0. The van der Waals surface area contributed by atoms with Gasteiger partial charge >= 0.3 is 0 Å². The molecule has 4 nitrogen and oxygen atoms in total. The first-order chi connectivity index (χ1) is 12.0. The van der Waals surface area contributed by atoms with Crippen LogP contribution < -0.4 is 0 Å². The summed E-state index contributed by atoms with van der Waals surface area (Å²) in [5.74, 6) is -0.000203.